The molecule has 2 saturated heterocycles. The van der Waals surface area contributed by atoms with E-state index in [4.69, 9.17) is 14.2 Å². The summed E-state index contributed by atoms with van der Waals surface area (Å²) in [5, 5.41) is 2.72. The second-order valence-corrected chi connectivity index (χ2v) is 10.8. The fourth-order valence-corrected chi connectivity index (χ4v) is 7.27. The summed E-state index contributed by atoms with van der Waals surface area (Å²) in [5.74, 6) is -0.705. The number of ketones is 1. The van der Waals surface area contributed by atoms with Gasteiger partial charge in [0.25, 0.3) is 0 Å². The highest BCUT2D eigenvalue weighted by Gasteiger charge is 2.71. The van der Waals surface area contributed by atoms with Gasteiger partial charge in [0.1, 0.15) is 6.04 Å². The third-order valence-electron chi connectivity index (χ3n) is 8.63. The Balaban J connectivity index is 1.42. The topological polar surface area (TPSA) is 108 Å². The van der Waals surface area contributed by atoms with Gasteiger partial charge in [-0.1, -0.05) is 13.0 Å². The molecule has 4 bridgehead atoms. The number of hydrogen-bond donors (Lipinski definition) is 1. The lowest BCUT2D eigenvalue weighted by Gasteiger charge is -2.55. The predicted molar refractivity (Wildman–Crippen MR) is 122 cm³/mol. The van der Waals surface area contributed by atoms with Crippen molar-refractivity contribution in [1.82, 2.24) is 5.32 Å². The molecule has 5 aliphatic rings. The highest BCUT2D eigenvalue weighted by atomic mass is 16.5. The van der Waals surface area contributed by atoms with Crippen LogP contribution in [-0.2, 0) is 33.4 Å². The van der Waals surface area contributed by atoms with Crippen molar-refractivity contribution in [2.24, 2.45) is 22.7 Å². The van der Waals surface area contributed by atoms with E-state index in [0.29, 0.717) is 12.3 Å². The number of nitrogens with one attached hydrogen (secondary N) is 1. The number of hydrogen-bond acceptors (Lipinski definition) is 7. The van der Waals surface area contributed by atoms with Crippen molar-refractivity contribution in [2.75, 3.05) is 13.2 Å². The normalized spacial score (nSPS) is 37.9. The van der Waals surface area contributed by atoms with Crippen LogP contribution in [0.5, 0.6) is 0 Å². The molecule has 5 unspecified atom stereocenters. The van der Waals surface area contributed by atoms with Gasteiger partial charge in [-0.25, -0.2) is 4.79 Å². The van der Waals surface area contributed by atoms with E-state index in [0.717, 1.165) is 19.3 Å². The van der Waals surface area contributed by atoms with Gasteiger partial charge in [0.2, 0.25) is 5.91 Å². The van der Waals surface area contributed by atoms with E-state index >= 15 is 0 Å². The van der Waals surface area contributed by atoms with E-state index < -0.39 is 23.4 Å². The lowest BCUT2D eigenvalue weighted by Crippen LogP contribution is -2.56. The van der Waals surface area contributed by atoms with Crippen molar-refractivity contribution in [3.8, 4) is 0 Å². The third-order valence-corrected chi connectivity index (χ3v) is 8.63. The first kappa shape index (κ1) is 24.9. The number of carbonyl (C=O) groups is 4. The van der Waals surface area contributed by atoms with Crippen molar-refractivity contribution in [3.05, 3.63) is 12.2 Å². The Morgan fingerprint density at radius 2 is 1.91 bits per heavy atom. The van der Waals surface area contributed by atoms with E-state index in [9.17, 15) is 19.2 Å². The van der Waals surface area contributed by atoms with Crippen molar-refractivity contribution in [2.45, 2.75) is 90.4 Å². The van der Waals surface area contributed by atoms with E-state index in [1.807, 2.05) is 6.92 Å². The van der Waals surface area contributed by atoms with E-state index in [1.165, 1.54) is 0 Å². The second kappa shape index (κ2) is 9.10. The molecular weight excluding hydrogens is 438 g/mol. The van der Waals surface area contributed by atoms with Crippen LogP contribution < -0.4 is 5.32 Å². The fraction of sp³-hybridized carbons (Fsp3) is 0.769. The number of carbonyl (C=O) groups excluding carboxylic acids is 4. The molecule has 0 aromatic carbocycles. The summed E-state index contributed by atoms with van der Waals surface area (Å²) < 4.78 is 16.5. The molecule has 0 aromatic rings. The summed E-state index contributed by atoms with van der Waals surface area (Å²) in [7, 11) is 0. The summed E-state index contributed by atoms with van der Waals surface area (Å²) >= 11 is 0. The average Bonchev–Trinajstić information content (AvgIpc) is 3.14. The quantitative estimate of drug-likeness (QED) is 0.484. The van der Waals surface area contributed by atoms with Gasteiger partial charge in [0.15, 0.2) is 5.78 Å². The molecule has 7 atom stereocenters. The summed E-state index contributed by atoms with van der Waals surface area (Å²) in [5.41, 5.74) is -0.833. The van der Waals surface area contributed by atoms with Gasteiger partial charge in [0, 0.05) is 24.2 Å². The van der Waals surface area contributed by atoms with Gasteiger partial charge in [-0.3, -0.25) is 14.4 Å². The Kier molecular flexibility index (Phi) is 6.66. The fourth-order valence-electron chi connectivity index (χ4n) is 7.27. The third kappa shape index (κ3) is 4.18. The summed E-state index contributed by atoms with van der Waals surface area (Å²) in [6, 6.07) is -0.932. The first-order chi connectivity index (χ1) is 16.1. The molecule has 4 fully saturated rings. The van der Waals surface area contributed by atoms with Gasteiger partial charge >= 0.3 is 11.9 Å². The van der Waals surface area contributed by atoms with Gasteiger partial charge in [-0.15, -0.1) is 0 Å². The summed E-state index contributed by atoms with van der Waals surface area (Å²) in [6.45, 7) is 8.00. The molecule has 188 valence electrons. The second-order valence-electron chi connectivity index (χ2n) is 10.8. The molecule has 3 aliphatic carbocycles. The maximum absolute atomic E-state index is 13.2. The van der Waals surface area contributed by atoms with Crippen molar-refractivity contribution in [1.29, 1.82) is 0 Å². The number of amides is 1. The van der Waals surface area contributed by atoms with E-state index in [1.54, 1.807) is 19.9 Å². The van der Waals surface area contributed by atoms with Gasteiger partial charge in [-0.2, -0.15) is 0 Å². The number of allylic oxidation sites excluding steroid dienone is 2. The minimum Gasteiger partial charge on any atom is -0.466 e. The molecule has 8 nitrogen and oxygen atoms in total. The standard InChI is InChI=1S/C26H37NO7/c1-5-32-21(30)8-7-17(23(31)33-6-2)27-20(29)10-11-24(3)19(28)9-12-26-14-16-13-18(22(24)26)34-25(16,4)15-26/h9,12,16-18,22H,5-8,10-11,13-15H2,1-4H3,(H,27,29)/t16?,17-,18?,22?,24+,25?,26?/m0/s1. The van der Waals surface area contributed by atoms with Crippen LogP contribution in [-0.4, -0.2) is 54.6 Å². The Morgan fingerprint density at radius 1 is 1.18 bits per heavy atom. The Labute approximate surface area is 201 Å². The number of ether oxygens (including phenoxy) is 3. The molecule has 8 heteroatoms. The van der Waals surface area contributed by atoms with E-state index in [-0.39, 0.29) is 67.2 Å². The minimum absolute atomic E-state index is 0.00213. The zero-order chi connectivity index (χ0) is 24.7. The highest BCUT2D eigenvalue weighted by molar-refractivity contribution is 5.96. The van der Waals surface area contributed by atoms with Crippen LogP contribution in [0.1, 0.15) is 72.6 Å². The van der Waals surface area contributed by atoms with Crippen LogP contribution in [0.2, 0.25) is 0 Å². The molecule has 2 saturated carbocycles. The van der Waals surface area contributed by atoms with Gasteiger partial charge in [0.05, 0.1) is 24.9 Å². The Morgan fingerprint density at radius 3 is 2.59 bits per heavy atom. The predicted octanol–water partition coefficient (Wildman–Crippen LogP) is 2.88. The lowest BCUT2D eigenvalue weighted by molar-refractivity contribution is -0.169. The molecule has 34 heavy (non-hydrogen) atoms. The van der Waals surface area contributed by atoms with Gasteiger partial charge in [-0.05, 0) is 70.3 Å². The van der Waals surface area contributed by atoms with Crippen LogP contribution in [0.25, 0.3) is 0 Å². The highest BCUT2D eigenvalue weighted by Crippen LogP contribution is 2.71. The van der Waals surface area contributed by atoms with Crippen LogP contribution in [0.3, 0.4) is 0 Å². The van der Waals surface area contributed by atoms with Crippen molar-refractivity contribution >= 4 is 23.6 Å². The first-order valence-electron chi connectivity index (χ1n) is 12.6. The van der Waals surface area contributed by atoms with Gasteiger partial charge < -0.3 is 19.5 Å². The maximum Gasteiger partial charge on any atom is 0.328 e. The van der Waals surface area contributed by atoms with Crippen molar-refractivity contribution < 1.29 is 33.4 Å². The Bertz CT molecular complexity index is 900. The smallest absolute Gasteiger partial charge is 0.328 e. The Hall–Kier alpha value is -2.22. The number of rotatable bonds is 10. The molecule has 2 heterocycles. The van der Waals surface area contributed by atoms with E-state index in [2.05, 4.69) is 18.3 Å². The van der Waals surface area contributed by atoms with Crippen LogP contribution in [0, 0.1) is 22.7 Å². The molecule has 1 N–H and O–H groups in total. The van der Waals surface area contributed by atoms with Crippen LogP contribution >= 0.6 is 0 Å². The van der Waals surface area contributed by atoms with Crippen LogP contribution in [0.4, 0.5) is 0 Å². The summed E-state index contributed by atoms with van der Waals surface area (Å²) in [4.78, 5) is 50.1. The molecule has 2 aliphatic heterocycles. The lowest BCUT2D eigenvalue weighted by atomic mass is 9.51. The average molecular weight is 476 g/mol. The SMILES string of the molecule is CCOC(=O)CC[C@H](NC(=O)CC[C@]1(C)C(=O)C=CC23CC4CC(OC4(C)C2)C31)C(=O)OCC. The molecular formula is C26H37NO7. The molecule has 1 spiro atoms. The zero-order valence-electron chi connectivity index (χ0n) is 20.7. The monoisotopic (exact) mass is 475 g/mol. The zero-order valence-corrected chi connectivity index (χ0v) is 20.7. The number of esters is 2. The molecule has 0 radical (unpaired) electrons. The maximum atomic E-state index is 13.2. The largest absolute Gasteiger partial charge is 0.466 e. The first-order valence-corrected chi connectivity index (χ1v) is 12.6. The molecule has 0 aromatic heterocycles. The van der Waals surface area contributed by atoms with Crippen molar-refractivity contribution in [3.63, 3.8) is 0 Å². The van der Waals surface area contributed by atoms with Crippen LogP contribution in [0.15, 0.2) is 12.2 Å². The summed E-state index contributed by atoms with van der Waals surface area (Å²) in [6.07, 6.45) is 7.42. The minimum atomic E-state index is -0.932. The molecule has 1 amide bonds. The molecule has 5 rings (SSSR count).